The van der Waals surface area contributed by atoms with E-state index in [9.17, 15) is 14.7 Å². The summed E-state index contributed by atoms with van der Waals surface area (Å²) in [5.74, 6) is 0.189. The Labute approximate surface area is 188 Å². The Morgan fingerprint density at radius 2 is 1.69 bits per heavy atom. The molecule has 0 bridgehead atoms. The van der Waals surface area contributed by atoms with E-state index in [1.165, 1.54) is 7.11 Å². The fourth-order valence-electron chi connectivity index (χ4n) is 2.98. The SMILES string of the molecule is COc1ccc(NC(=O)OCc2ccc(OC(C)C)cc2)cc1CC(OC(C)C)C(=O)O. The smallest absolute Gasteiger partial charge is 0.411 e. The number of methoxy groups -OCH3 is 1. The number of aliphatic carboxylic acids is 1. The van der Waals surface area contributed by atoms with Crippen LogP contribution in [0, 0.1) is 0 Å². The molecule has 0 heterocycles. The number of amides is 1. The molecule has 0 saturated carbocycles. The lowest BCUT2D eigenvalue weighted by molar-refractivity contribution is -0.153. The maximum Gasteiger partial charge on any atom is 0.411 e. The lowest BCUT2D eigenvalue weighted by atomic mass is 10.1. The number of anilines is 1. The molecule has 0 aliphatic carbocycles. The van der Waals surface area contributed by atoms with E-state index in [4.69, 9.17) is 18.9 Å². The lowest BCUT2D eigenvalue weighted by Gasteiger charge is -2.18. The molecule has 1 amide bonds. The quantitative estimate of drug-likeness (QED) is 0.519. The van der Waals surface area contributed by atoms with Crippen LogP contribution in [-0.2, 0) is 27.3 Å². The number of hydrogen-bond acceptors (Lipinski definition) is 6. The van der Waals surface area contributed by atoms with E-state index in [-0.39, 0.29) is 25.2 Å². The van der Waals surface area contributed by atoms with Gasteiger partial charge < -0.3 is 24.1 Å². The Bertz CT molecular complexity index is 894. The second-order valence-corrected chi connectivity index (χ2v) is 7.75. The number of ether oxygens (including phenoxy) is 4. The van der Waals surface area contributed by atoms with E-state index in [2.05, 4.69) is 5.32 Å². The summed E-state index contributed by atoms with van der Waals surface area (Å²) in [6.07, 6.45) is -1.73. The zero-order chi connectivity index (χ0) is 23.7. The minimum absolute atomic E-state index is 0.0833. The number of carbonyl (C=O) groups excluding carboxylic acids is 1. The van der Waals surface area contributed by atoms with Crippen molar-refractivity contribution in [2.24, 2.45) is 0 Å². The van der Waals surface area contributed by atoms with Gasteiger partial charge in [0.1, 0.15) is 18.1 Å². The molecule has 2 aromatic rings. The van der Waals surface area contributed by atoms with Crippen LogP contribution >= 0.6 is 0 Å². The molecule has 2 aromatic carbocycles. The first-order valence-corrected chi connectivity index (χ1v) is 10.4. The van der Waals surface area contributed by atoms with Gasteiger partial charge in [0.25, 0.3) is 0 Å². The summed E-state index contributed by atoms with van der Waals surface area (Å²) in [4.78, 5) is 23.8. The maximum atomic E-state index is 12.2. The molecule has 0 saturated heterocycles. The third kappa shape index (κ3) is 8.11. The lowest BCUT2D eigenvalue weighted by Crippen LogP contribution is -2.29. The second kappa shape index (κ2) is 12.0. The molecule has 1 unspecified atom stereocenters. The van der Waals surface area contributed by atoms with E-state index < -0.39 is 18.2 Å². The summed E-state index contributed by atoms with van der Waals surface area (Å²) < 4.78 is 21.7. The van der Waals surface area contributed by atoms with Crippen molar-refractivity contribution < 1.29 is 33.6 Å². The Morgan fingerprint density at radius 3 is 2.25 bits per heavy atom. The van der Waals surface area contributed by atoms with Gasteiger partial charge in [0.15, 0.2) is 6.10 Å². The van der Waals surface area contributed by atoms with Gasteiger partial charge in [-0.15, -0.1) is 0 Å². The van der Waals surface area contributed by atoms with E-state index in [0.29, 0.717) is 17.0 Å². The van der Waals surface area contributed by atoms with Gasteiger partial charge in [-0.1, -0.05) is 12.1 Å². The zero-order valence-corrected chi connectivity index (χ0v) is 19.1. The van der Waals surface area contributed by atoms with Crippen molar-refractivity contribution in [1.82, 2.24) is 0 Å². The Hall–Kier alpha value is -3.26. The van der Waals surface area contributed by atoms with Crippen LogP contribution < -0.4 is 14.8 Å². The molecule has 2 N–H and O–H groups in total. The topological polar surface area (TPSA) is 103 Å². The standard InChI is InChI=1S/C24H31NO7/c1-15(2)31-20-9-6-17(7-10-20)14-30-24(28)25-19-8-11-21(29-5)18(12-19)13-22(23(26)27)32-16(3)4/h6-12,15-16,22H,13-14H2,1-5H3,(H,25,28)(H,26,27). The monoisotopic (exact) mass is 445 g/mol. The van der Waals surface area contributed by atoms with Crippen LogP contribution in [0.1, 0.15) is 38.8 Å². The highest BCUT2D eigenvalue weighted by molar-refractivity contribution is 5.85. The predicted octanol–water partition coefficient (Wildman–Crippen LogP) is 4.65. The van der Waals surface area contributed by atoms with Crippen LogP contribution in [0.2, 0.25) is 0 Å². The summed E-state index contributed by atoms with van der Waals surface area (Å²) >= 11 is 0. The van der Waals surface area contributed by atoms with Crippen molar-refractivity contribution in [3.05, 3.63) is 53.6 Å². The highest BCUT2D eigenvalue weighted by atomic mass is 16.5. The number of carbonyl (C=O) groups is 2. The molecule has 1 atom stereocenters. The van der Waals surface area contributed by atoms with Gasteiger partial charge >= 0.3 is 12.1 Å². The minimum atomic E-state index is -1.07. The van der Waals surface area contributed by atoms with Crippen LogP contribution in [-0.4, -0.2) is 42.6 Å². The van der Waals surface area contributed by atoms with Crippen LogP contribution in [0.3, 0.4) is 0 Å². The van der Waals surface area contributed by atoms with Gasteiger partial charge in [-0.05, 0) is 69.2 Å². The third-order valence-corrected chi connectivity index (χ3v) is 4.31. The Kier molecular flexibility index (Phi) is 9.34. The summed E-state index contributed by atoms with van der Waals surface area (Å²) in [6.45, 7) is 7.54. The highest BCUT2D eigenvalue weighted by Crippen LogP contribution is 2.25. The van der Waals surface area contributed by atoms with Crippen LogP contribution in [0.15, 0.2) is 42.5 Å². The molecule has 0 aliphatic heterocycles. The molecule has 0 aliphatic rings. The van der Waals surface area contributed by atoms with E-state index in [0.717, 1.165) is 11.3 Å². The van der Waals surface area contributed by atoms with Crippen molar-refractivity contribution >= 4 is 17.7 Å². The van der Waals surface area contributed by atoms with Crippen molar-refractivity contribution in [1.29, 1.82) is 0 Å². The van der Waals surface area contributed by atoms with Crippen molar-refractivity contribution in [2.75, 3.05) is 12.4 Å². The molecule has 8 heteroatoms. The van der Waals surface area contributed by atoms with Gasteiger partial charge in [0, 0.05) is 12.1 Å². The van der Waals surface area contributed by atoms with Crippen molar-refractivity contribution in [3.63, 3.8) is 0 Å². The first-order valence-electron chi connectivity index (χ1n) is 10.4. The first-order chi connectivity index (χ1) is 15.2. The number of hydrogen-bond donors (Lipinski definition) is 2. The van der Waals surface area contributed by atoms with Gasteiger partial charge in [-0.2, -0.15) is 0 Å². The summed E-state index contributed by atoms with van der Waals surface area (Å²) in [7, 11) is 1.50. The number of carboxylic acids is 1. The minimum Gasteiger partial charge on any atom is -0.496 e. The number of rotatable bonds is 11. The average molecular weight is 446 g/mol. The fourth-order valence-corrected chi connectivity index (χ4v) is 2.98. The van der Waals surface area contributed by atoms with Crippen LogP contribution in [0.5, 0.6) is 11.5 Å². The van der Waals surface area contributed by atoms with Gasteiger partial charge in [0.05, 0.1) is 19.3 Å². The van der Waals surface area contributed by atoms with E-state index in [1.54, 1.807) is 32.0 Å². The molecule has 2 rings (SSSR count). The van der Waals surface area contributed by atoms with E-state index >= 15 is 0 Å². The number of carboxylic acid groups (broad SMARTS) is 1. The fraction of sp³-hybridized carbons (Fsp3) is 0.417. The van der Waals surface area contributed by atoms with Crippen molar-refractivity contribution in [3.8, 4) is 11.5 Å². The van der Waals surface area contributed by atoms with Crippen LogP contribution in [0.25, 0.3) is 0 Å². The second-order valence-electron chi connectivity index (χ2n) is 7.75. The predicted molar refractivity (Wildman–Crippen MR) is 120 cm³/mol. The molecular weight excluding hydrogens is 414 g/mol. The average Bonchev–Trinajstić information content (AvgIpc) is 2.72. The summed E-state index contributed by atoms with van der Waals surface area (Å²) in [5, 5.41) is 12.1. The maximum absolute atomic E-state index is 12.2. The summed E-state index contributed by atoms with van der Waals surface area (Å²) in [6, 6.07) is 12.3. The zero-order valence-electron chi connectivity index (χ0n) is 19.1. The molecular formula is C24H31NO7. The number of nitrogens with one attached hydrogen (secondary N) is 1. The van der Waals surface area contributed by atoms with Crippen LogP contribution in [0.4, 0.5) is 10.5 Å². The molecule has 0 spiro atoms. The molecule has 174 valence electrons. The largest absolute Gasteiger partial charge is 0.496 e. The Morgan fingerprint density at radius 1 is 1.00 bits per heavy atom. The van der Waals surface area contributed by atoms with E-state index in [1.807, 2.05) is 38.1 Å². The first kappa shape index (κ1) is 25.0. The van der Waals surface area contributed by atoms with Gasteiger partial charge in [-0.3, -0.25) is 5.32 Å². The normalized spacial score (nSPS) is 11.8. The van der Waals surface area contributed by atoms with Gasteiger partial charge in [0.2, 0.25) is 0 Å². The Balaban J connectivity index is 2.00. The molecule has 0 fully saturated rings. The molecule has 32 heavy (non-hydrogen) atoms. The molecule has 0 aromatic heterocycles. The summed E-state index contributed by atoms with van der Waals surface area (Å²) in [5.41, 5.74) is 1.88. The molecule has 0 radical (unpaired) electrons. The van der Waals surface area contributed by atoms with Crippen molar-refractivity contribution in [2.45, 2.75) is 59.0 Å². The third-order valence-electron chi connectivity index (χ3n) is 4.31. The number of benzene rings is 2. The molecule has 8 nitrogen and oxygen atoms in total. The highest BCUT2D eigenvalue weighted by Gasteiger charge is 2.22. The van der Waals surface area contributed by atoms with Gasteiger partial charge in [-0.25, -0.2) is 9.59 Å².